The van der Waals surface area contributed by atoms with Crippen LogP contribution in [0, 0.1) is 5.82 Å². The monoisotopic (exact) mass is 422 g/mol. The molecule has 0 atom stereocenters. The zero-order valence-electron chi connectivity index (χ0n) is 16.7. The second-order valence-corrected chi connectivity index (χ2v) is 7.93. The average Bonchev–Trinajstić information content (AvgIpc) is 3.26. The van der Waals surface area contributed by atoms with E-state index in [0.29, 0.717) is 6.04 Å². The first kappa shape index (κ1) is 21.7. The van der Waals surface area contributed by atoms with Crippen LogP contribution >= 0.6 is 12.4 Å². The molecule has 1 aliphatic carbocycles. The Balaban J connectivity index is 0.00000240. The fourth-order valence-corrected chi connectivity index (χ4v) is 4.51. The van der Waals surface area contributed by atoms with E-state index in [4.69, 9.17) is 10.2 Å². The van der Waals surface area contributed by atoms with Gasteiger partial charge < -0.3 is 5.11 Å². The molecule has 1 N–H and O–H groups in total. The van der Waals surface area contributed by atoms with Crippen LogP contribution in [-0.2, 0) is 24.2 Å². The van der Waals surface area contributed by atoms with Crippen LogP contribution < -0.4 is 0 Å². The van der Waals surface area contributed by atoms with Gasteiger partial charge in [-0.2, -0.15) is 5.10 Å². The minimum absolute atomic E-state index is 0. The van der Waals surface area contributed by atoms with Crippen molar-refractivity contribution in [1.29, 1.82) is 0 Å². The molecule has 0 radical (unpaired) electrons. The molecule has 2 aliphatic rings. The summed E-state index contributed by atoms with van der Waals surface area (Å²) in [5, 5.41) is 13.9. The van der Waals surface area contributed by atoms with Crippen LogP contribution in [0.2, 0.25) is 0 Å². The highest BCUT2D eigenvalue weighted by atomic mass is 35.5. The van der Waals surface area contributed by atoms with Crippen LogP contribution in [0.4, 0.5) is 4.39 Å². The normalized spacial score (nSPS) is 17.3. The molecule has 1 aromatic heterocycles. The smallest absolute Gasteiger partial charge is 0.317 e. The molecule has 0 saturated carbocycles. The van der Waals surface area contributed by atoms with E-state index in [2.05, 4.69) is 4.90 Å². The maximum Gasteiger partial charge on any atom is 0.317 e. The highest BCUT2D eigenvalue weighted by Crippen LogP contribution is 2.29. The number of aliphatic carboxylic acids is 1. The van der Waals surface area contributed by atoms with Crippen LogP contribution in [-0.4, -0.2) is 63.4 Å². The number of carboxylic acids is 1. The number of hydrogen-bond acceptors (Lipinski definition) is 4. The van der Waals surface area contributed by atoms with Crippen molar-refractivity contribution in [3.05, 3.63) is 47.0 Å². The summed E-state index contributed by atoms with van der Waals surface area (Å²) in [6.07, 6.45) is 5.17. The van der Waals surface area contributed by atoms with E-state index in [9.17, 15) is 9.18 Å². The number of hydrogen-bond donors (Lipinski definition) is 1. The maximum atomic E-state index is 13.3. The van der Waals surface area contributed by atoms with E-state index in [1.165, 1.54) is 23.4 Å². The third kappa shape index (κ3) is 4.79. The first-order valence-electron chi connectivity index (χ1n) is 10.0. The first-order valence-corrected chi connectivity index (χ1v) is 10.0. The zero-order valence-corrected chi connectivity index (χ0v) is 17.5. The molecular weight excluding hydrogens is 395 g/mol. The van der Waals surface area contributed by atoms with E-state index in [1.54, 1.807) is 12.1 Å². The van der Waals surface area contributed by atoms with Gasteiger partial charge >= 0.3 is 5.97 Å². The Morgan fingerprint density at radius 3 is 2.59 bits per heavy atom. The average molecular weight is 423 g/mol. The molecule has 0 amide bonds. The molecule has 2 heterocycles. The highest BCUT2D eigenvalue weighted by molar-refractivity contribution is 5.85. The molecule has 0 bridgehead atoms. The van der Waals surface area contributed by atoms with Crippen molar-refractivity contribution < 1.29 is 14.3 Å². The number of carboxylic acid groups (broad SMARTS) is 1. The first-order chi connectivity index (χ1) is 13.5. The molecule has 1 aliphatic heterocycles. The van der Waals surface area contributed by atoms with Gasteiger partial charge in [-0.25, -0.2) is 9.07 Å². The van der Waals surface area contributed by atoms with Crippen molar-refractivity contribution in [2.75, 3.05) is 26.7 Å². The van der Waals surface area contributed by atoms with E-state index in [1.807, 2.05) is 16.6 Å². The van der Waals surface area contributed by atoms with Gasteiger partial charge in [-0.05, 0) is 69.0 Å². The van der Waals surface area contributed by atoms with Crippen molar-refractivity contribution in [1.82, 2.24) is 19.6 Å². The number of nitrogens with zero attached hydrogens (tertiary/aromatic N) is 4. The minimum Gasteiger partial charge on any atom is -0.480 e. The largest absolute Gasteiger partial charge is 0.480 e. The number of halogens is 2. The number of fused-ring (bicyclic) bond motifs is 1. The quantitative estimate of drug-likeness (QED) is 0.775. The lowest BCUT2D eigenvalue weighted by Crippen LogP contribution is -2.44. The zero-order chi connectivity index (χ0) is 19.7. The number of carbonyl (C=O) groups is 1. The second-order valence-electron chi connectivity index (χ2n) is 7.93. The summed E-state index contributed by atoms with van der Waals surface area (Å²) in [4.78, 5) is 15.3. The van der Waals surface area contributed by atoms with Crippen molar-refractivity contribution in [2.45, 2.75) is 44.7 Å². The topological polar surface area (TPSA) is 61.6 Å². The van der Waals surface area contributed by atoms with Crippen molar-refractivity contribution >= 4 is 18.4 Å². The molecule has 2 aromatic rings. The van der Waals surface area contributed by atoms with Gasteiger partial charge in [0.25, 0.3) is 0 Å². The molecule has 6 nitrogen and oxygen atoms in total. The van der Waals surface area contributed by atoms with Crippen molar-refractivity contribution in [3.63, 3.8) is 0 Å². The van der Waals surface area contributed by atoms with Gasteiger partial charge in [0.15, 0.2) is 0 Å². The van der Waals surface area contributed by atoms with Crippen LogP contribution in [0.15, 0.2) is 24.3 Å². The Morgan fingerprint density at radius 1 is 1.24 bits per heavy atom. The lowest BCUT2D eigenvalue weighted by atomic mass is 10.0. The number of benzene rings is 1. The lowest BCUT2D eigenvalue weighted by molar-refractivity contribution is -0.138. The SMILES string of the molecule is CN(CC(=O)O)C1CCN(Cc2nn(-c3ccc(F)cc3)c3c2CCC3)CC1.Cl. The Morgan fingerprint density at radius 2 is 1.93 bits per heavy atom. The van der Waals surface area contributed by atoms with Crippen LogP contribution in [0.3, 0.4) is 0 Å². The molecule has 4 rings (SSSR count). The van der Waals surface area contributed by atoms with Gasteiger partial charge in [-0.3, -0.25) is 14.6 Å². The fourth-order valence-electron chi connectivity index (χ4n) is 4.51. The minimum atomic E-state index is -0.771. The van der Waals surface area contributed by atoms with Gasteiger partial charge in [0.1, 0.15) is 5.82 Å². The maximum absolute atomic E-state index is 13.3. The third-order valence-electron chi connectivity index (χ3n) is 6.02. The molecule has 29 heavy (non-hydrogen) atoms. The van der Waals surface area contributed by atoms with E-state index in [0.717, 1.165) is 63.1 Å². The summed E-state index contributed by atoms with van der Waals surface area (Å²) in [7, 11) is 1.89. The number of piperidine rings is 1. The Hall–Kier alpha value is -1.96. The van der Waals surface area contributed by atoms with Gasteiger partial charge in [-0.1, -0.05) is 0 Å². The number of likely N-dealkylation sites (N-methyl/N-ethyl adjacent to an activating group) is 1. The van der Waals surface area contributed by atoms with Gasteiger partial charge in [0.2, 0.25) is 0 Å². The molecular formula is C21H28ClFN4O2. The summed E-state index contributed by atoms with van der Waals surface area (Å²) in [6, 6.07) is 6.87. The molecule has 8 heteroatoms. The highest BCUT2D eigenvalue weighted by Gasteiger charge is 2.27. The van der Waals surface area contributed by atoms with Gasteiger partial charge in [0, 0.05) is 31.4 Å². The second kappa shape index (κ2) is 9.24. The fraction of sp³-hybridized carbons (Fsp3) is 0.524. The molecule has 1 saturated heterocycles. The molecule has 158 valence electrons. The predicted molar refractivity (Wildman–Crippen MR) is 111 cm³/mol. The molecule has 0 unspecified atom stereocenters. The molecule has 0 spiro atoms. The van der Waals surface area contributed by atoms with E-state index in [-0.39, 0.29) is 24.8 Å². The van der Waals surface area contributed by atoms with Crippen molar-refractivity contribution in [3.8, 4) is 5.69 Å². The summed E-state index contributed by atoms with van der Waals surface area (Å²) in [5.74, 6) is -1.00. The number of aromatic nitrogens is 2. The Kier molecular flexibility index (Phi) is 6.93. The third-order valence-corrected chi connectivity index (χ3v) is 6.02. The molecule has 1 fully saturated rings. The summed E-state index contributed by atoms with van der Waals surface area (Å²) >= 11 is 0. The number of likely N-dealkylation sites (tertiary alicyclic amines) is 1. The van der Waals surface area contributed by atoms with Crippen LogP contribution in [0.25, 0.3) is 5.69 Å². The van der Waals surface area contributed by atoms with Crippen LogP contribution in [0.1, 0.15) is 36.2 Å². The lowest BCUT2D eigenvalue weighted by Gasteiger charge is -2.35. The standard InChI is InChI=1S/C21H27FN4O2.ClH/c1-24(14-21(27)28)16-9-11-25(12-10-16)13-19-18-3-2-4-20(18)26(23-19)17-7-5-15(22)6-8-17;/h5-8,16H,2-4,9-14H2,1H3,(H,27,28);1H. The van der Waals surface area contributed by atoms with E-state index >= 15 is 0 Å². The van der Waals surface area contributed by atoms with Crippen molar-refractivity contribution in [2.24, 2.45) is 0 Å². The Bertz CT molecular complexity index is 847. The van der Waals surface area contributed by atoms with Gasteiger partial charge in [0.05, 0.1) is 17.9 Å². The Labute approximate surface area is 176 Å². The molecule has 1 aromatic carbocycles. The summed E-state index contributed by atoms with van der Waals surface area (Å²) in [6.45, 7) is 2.83. The summed E-state index contributed by atoms with van der Waals surface area (Å²) < 4.78 is 15.3. The van der Waals surface area contributed by atoms with Gasteiger partial charge in [-0.15, -0.1) is 12.4 Å². The number of rotatable bonds is 6. The van der Waals surface area contributed by atoms with Crippen LogP contribution in [0.5, 0.6) is 0 Å². The summed E-state index contributed by atoms with van der Waals surface area (Å²) in [5.41, 5.74) is 4.67. The predicted octanol–water partition coefficient (Wildman–Crippen LogP) is 2.90. The van der Waals surface area contributed by atoms with E-state index < -0.39 is 5.97 Å².